The molecule has 1 saturated heterocycles. The van der Waals surface area contributed by atoms with Crippen molar-refractivity contribution in [3.63, 3.8) is 0 Å². The molecular formula is C27H32N8O4S. The van der Waals surface area contributed by atoms with Crippen molar-refractivity contribution in [3.8, 4) is 11.4 Å². The van der Waals surface area contributed by atoms with Crippen LogP contribution in [-0.4, -0.2) is 78.1 Å². The molecule has 0 aliphatic carbocycles. The zero-order chi connectivity index (χ0) is 28.4. The number of methoxy groups -OCH3 is 1. The molecular weight excluding hydrogens is 532 g/mol. The number of nitrogens with zero attached hydrogens (tertiary/aromatic N) is 8. The van der Waals surface area contributed by atoms with Gasteiger partial charge in [-0.25, -0.2) is 14.5 Å². The number of fused-ring (bicyclic) bond motifs is 1. The number of pyridine rings is 1. The number of hydrogen-bond acceptors (Lipinski definition) is 9. The van der Waals surface area contributed by atoms with E-state index in [-0.39, 0.29) is 10.9 Å². The molecule has 0 saturated carbocycles. The van der Waals surface area contributed by atoms with Gasteiger partial charge in [-0.15, -0.1) is 0 Å². The third kappa shape index (κ3) is 5.21. The summed E-state index contributed by atoms with van der Waals surface area (Å²) in [5, 5.41) is 14.5. The molecule has 0 bridgehead atoms. The standard InChI is InChI=1S/C27H32N8O4S/c1-4-7-22-30-34(27(40)35(22)18-8-6-9-19(14-18)39-3)17-31-10-12-33(13-11-31)26-28-15-20-23(36)21(25(37)38)16-32(5-2)24(20)29-26/h6,8-9,14-16H,4-5,7,10-13,17H2,1-3H3,(H,37,38). The van der Waals surface area contributed by atoms with Crippen LogP contribution in [-0.2, 0) is 19.6 Å². The van der Waals surface area contributed by atoms with E-state index in [0.717, 1.165) is 43.2 Å². The van der Waals surface area contributed by atoms with E-state index >= 15 is 0 Å². The SMILES string of the molecule is CCCc1nn(CN2CCN(c3ncc4c(=O)c(C(=O)O)cn(CC)c4n3)CC2)c(=S)n1-c1cccc(OC)c1. The normalized spacial score (nSPS) is 14.1. The molecule has 0 atom stereocenters. The molecule has 1 aliphatic rings. The summed E-state index contributed by atoms with van der Waals surface area (Å²) in [4.78, 5) is 37.6. The molecule has 12 nitrogen and oxygen atoms in total. The fourth-order valence-corrected chi connectivity index (χ4v) is 5.24. The number of piperazine rings is 1. The van der Waals surface area contributed by atoms with Crippen LogP contribution in [0.3, 0.4) is 0 Å². The van der Waals surface area contributed by atoms with Crippen molar-refractivity contribution in [2.75, 3.05) is 38.2 Å². The smallest absolute Gasteiger partial charge is 0.341 e. The number of carboxylic acids is 1. The van der Waals surface area contributed by atoms with Gasteiger partial charge in [-0.05, 0) is 37.7 Å². The molecule has 0 amide bonds. The second-order valence-corrected chi connectivity index (χ2v) is 9.97. The second kappa shape index (κ2) is 11.6. The second-order valence-electron chi connectivity index (χ2n) is 9.60. The molecule has 0 unspecified atom stereocenters. The largest absolute Gasteiger partial charge is 0.497 e. The molecule has 4 aromatic rings. The topological polar surface area (TPSA) is 124 Å². The number of carboxylic acid groups (broad SMARTS) is 1. The van der Waals surface area contributed by atoms with Crippen LogP contribution >= 0.6 is 12.2 Å². The average Bonchev–Trinajstić information content (AvgIpc) is 3.27. The number of benzene rings is 1. The van der Waals surface area contributed by atoms with Crippen molar-refractivity contribution >= 4 is 35.2 Å². The molecule has 40 heavy (non-hydrogen) atoms. The first kappa shape index (κ1) is 27.5. The van der Waals surface area contributed by atoms with Gasteiger partial charge in [0, 0.05) is 57.6 Å². The highest BCUT2D eigenvalue weighted by molar-refractivity contribution is 7.71. The minimum atomic E-state index is -1.26. The van der Waals surface area contributed by atoms with Crippen LogP contribution in [0.2, 0.25) is 0 Å². The van der Waals surface area contributed by atoms with E-state index in [0.29, 0.717) is 42.7 Å². The molecule has 0 radical (unpaired) electrons. The third-order valence-electron chi connectivity index (χ3n) is 7.05. The van der Waals surface area contributed by atoms with Gasteiger partial charge in [0.15, 0.2) is 0 Å². The zero-order valence-electron chi connectivity index (χ0n) is 22.8. The lowest BCUT2D eigenvalue weighted by atomic mass is 10.2. The van der Waals surface area contributed by atoms with Gasteiger partial charge in [0.25, 0.3) is 0 Å². The first-order chi connectivity index (χ1) is 19.3. The maximum absolute atomic E-state index is 12.6. The Labute approximate surface area is 236 Å². The Hall–Kier alpha value is -4.10. The third-order valence-corrected chi connectivity index (χ3v) is 7.45. The van der Waals surface area contributed by atoms with Crippen LogP contribution in [0.25, 0.3) is 16.7 Å². The van der Waals surface area contributed by atoms with E-state index in [1.807, 2.05) is 40.4 Å². The summed E-state index contributed by atoms with van der Waals surface area (Å²) in [6, 6.07) is 7.82. The fraction of sp³-hybridized carbons (Fsp3) is 0.407. The van der Waals surface area contributed by atoms with Crippen molar-refractivity contribution in [2.45, 2.75) is 39.9 Å². The molecule has 210 valence electrons. The summed E-state index contributed by atoms with van der Waals surface area (Å²) < 4.78 is 11.6. The van der Waals surface area contributed by atoms with Gasteiger partial charge in [-0.3, -0.25) is 14.3 Å². The van der Waals surface area contributed by atoms with Gasteiger partial charge in [0.05, 0.1) is 24.9 Å². The number of aryl methyl sites for hydroxylation is 2. The summed E-state index contributed by atoms with van der Waals surface area (Å²) >= 11 is 5.86. The molecule has 3 aromatic heterocycles. The van der Waals surface area contributed by atoms with Crippen LogP contribution in [0.15, 0.2) is 41.5 Å². The van der Waals surface area contributed by atoms with Crippen LogP contribution in [0.4, 0.5) is 5.95 Å². The summed E-state index contributed by atoms with van der Waals surface area (Å²) in [6.45, 7) is 7.89. The number of aromatic nitrogens is 6. The number of anilines is 1. The van der Waals surface area contributed by atoms with Gasteiger partial charge in [-0.2, -0.15) is 10.1 Å². The Kier molecular flexibility index (Phi) is 7.94. The van der Waals surface area contributed by atoms with Crippen molar-refractivity contribution in [2.24, 2.45) is 0 Å². The highest BCUT2D eigenvalue weighted by Crippen LogP contribution is 2.21. The summed E-state index contributed by atoms with van der Waals surface area (Å²) in [7, 11) is 1.65. The summed E-state index contributed by atoms with van der Waals surface area (Å²) in [5.74, 6) is 0.933. The monoisotopic (exact) mass is 564 g/mol. The molecule has 13 heteroatoms. The maximum atomic E-state index is 12.6. The molecule has 1 fully saturated rings. The molecule has 1 aromatic carbocycles. The van der Waals surface area contributed by atoms with Gasteiger partial charge < -0.3 is 19.3 Å². The van der Waals surface area contributed by atoms with E-state index in [9.17, 15) is 14.7 Å². The Balaban J connectivity index is 1.34. The van der Waals surface area contributed by atoms with Gasteiger partial charge in [0.2, 0.25) is 16.1 Å². The lowest BCUT2D eigenvalue weighted by Gasteiger charge is -2.34. The molecule has 0 spiro atoms. The Bertz CT molecular complexity index is 1670. The molecule has 5 rings (SSSR count). The van der Waals surface area contributed by atoms with Crippen LogP contribution in [0, 0.1) is 4.77 Å². The van der Waals surface area contributed by atoms with Gasteiger partial charge >= 0.3 is 5.97 Å². The van der Waals surface area contributed by atoms with E-state index in [2.05, 4.69) is 26.7 Å². The first-order valence-corrected chi connectivity index (χ1v) is 13.7. The predicted molar refractivity (Wildman–Crippen MR) is 153 cm³/mol. The summed E-state index contributed by atoms with van der Waals surface area (Å²) in [5.41, 5.74) is 0.506. The minimum Gasteiger partial charge on any atom is -0.497 e. The van der Waals surface area contributed by atoms with Crippen molar-refractivity contribution < 1.29 is 14.6 Å². The lowest BCUT2D eigenvalue weighted by molar-refractivity contribution is 0.0695. The van der Waals surface area contributed by atoms with Gasteiger partial charge in [0.1, 0.15) is 22.8 Å². The number of aromatic carboxylic acids is 1. The minimum absolute atomic E-state index is 0.202. The Morgan fingerprint density at radius 3 is 2.62 bits per heavy atom. The highest BCUT2D eigenvalue weighted by Gasteiger charge is 2.23. The predicted octanol–water partition coefficient (Wildman–Crippen LogP) is 2.97. The number of rotatable bonds is 9. The number of carbonyl (C=O) groups is 1. The van der Waals surface area contributed by atoms with E-state index in [1.54, 1.807) is 11.7 Å². The molecule has 1 aliphatic heterocycles. The Morgan fingerprint density at radius 1 is 1.18 bits per heavy atom. The number of ether oxygens (including phenoxy) is 1. The van der Waals surface area contributed by atoms with Crippen molar-refractivity contribution in [1.29, 1.82) is 0 Å². The quantitative estimate of drug-likeness (QED) is 0.304. The first-order valence-electron chi connectivity index (χ1n) is 13.3. The number of hydrogen-bond donors (Lipinski definition) is 1. The van der Waals surface area contributed by atoms with Crippen LogP contribution < -0.4 is 15.1 Å². The Morgan fingerprint density at radius 2 is 1.95 bits per heavy atom. The molecule has 4 heterocycles. The van der Waals surface area contributed by atoms with Crippen LogP contribution in [0.5, 0.6) is 5.75 Å². The van der Waals surface area contributed by atoms with Crippen molar-refractivity contribution in [3.05, 3.63) is 63.0 Å². The van der Waals surface area contributed by atoms with Gasteiger partial charge in [-0.1, -0.05) is 13.0 Å². The lowest BCUT2D eigenvalue weighted by Crippen LogP contribution is -2.47. The zero-order valence-corrected chi connectivity index (χ0v) is 23.6. The molecule has 1 N–H and O–H groups in total. The van der Waals surface area contributed by atoms with Crippen LogP contribution in [0.1, 0.15) is 36.5 Å². The highest BCUT2D eigenvalue weighted by atomic mass is 32.1. The maximum Gasteiger partial charge on any atom is 0.341 e. The average molecular weight is 565 g/mol. The fourth-order valence-electron chi connectivity index (χ4n) is 4.93. The van der Waals surface area contributed by atoms with Crippen molar-refractivity contribution in [1.82, 2.24) is 33.8 Å². The summed E-state index contributed by atoms with van der Waals surface area (Å²) in [6.07, 6.45) is 4.54. The van der Waals surface area contributed by atoms with E-state index in [4.69, 9.17) is 22.1 Å². The van der Waals surface area contributed by atoms with E-state index in [1.165, 1.54) is 12.4 Å². The van der Waals surface area contributed by atoms with E-state index < -0.39 is 11.4 Å².